The molecule has 0 atom stereocenters. The molecule has 1 heterocycles. The Labute approximate surface area is 104 Å². The van der Waals surface area contributed by atoms with Gasteiger partial charge < -0.3 is 5.11 Å². The molecule has 0 aliphatic heterocycles. The molecule has 0 fully saturated rings. The SMILES string of the molecule is Cc1ccc(C(=O)n2ccc(C(=O)O)c2)cc1C. The molecule has 0 aliphatic carbocycles. The number of benzene rings is 1. The van der Waals surface area contributed by atoms with Crippen LogP contribution in [0.15, 0.2) is 36.7 Å². The molecule has 1 N–H and O–H groups in total. The number of carbonyl (C=O) groups is 2. The Balaban J connectivity index is 2.35. The van der Waals surface area contributed by atoms with Gasteiger partial charge in [0.1, 0.15) is 0 Å². The molecular weight excluding hydrogens is 230 g/mol. The maximum atomic E-state index is 12.1. The van der Waals surface area contributed by atoms with Gasteiger partial charge in [0.2, 0.25) is 0 Å². The fourth-order valence-corrected chi connectivity index (χ4v) is 1.67. The van der Waals surface area contributed by atoms with Gasteiger partial charge in [0.25, 0.3) is 5.91 Å². The lowest BCUT2D eigenvalue weighted by molar-refractivity contribution is 0.0697. The van der Waals surface area contributed by atoms with Crippen LogP contribution in [0.5, 0.6) is 0 Å². The maximum Gasteiger partial charge on any atom is 0.337 e. The molecule has 92 valence electrons. The molecule has 4 nitrogen and oxygen atoms in total. The molecule has 0 saturated carbocycles. The highest BCUT2D eigenvalue weighted by Crippen LogP contribution is 2.12. The van der Waals surface area contributed by atoms with Crippen LogP contribution in [-0.2, 0) is 0 Å². The second-order valence-corrected chi connectivity index (χ2v) is 4.22. The lowest BCUT2D eigenvalue weighted by Gasteiger charge is -2.05. The molecule has 1 aromatic heterocycles. The second kappa shape index (κ2) is 4.49. The Hall–Kier alpha value is -2.36. The predicted octanol–water partition coefficient (Wildman–Crippen LogP) is 2.49. The van der Waals surface area contributed by atoms with Gasteiger partial charge in [0.15, 0.2) is 0 Å². The van der Waals surface area contributed by atoms with E-state index in [1.54, 1.807) is 12.1 Å². The minimum atomic E-state index is -1.04. The van der Waals surface area contributed by atoms with Crippen molar-refractivity contribution in [2.45, 2.75) is 13.8 Å². The van der Waals surface area contributed by atoms with Gasteiger partial charge in [-0.15, -0.1) is 0 Å². The van der Waals surface area contributed by atoms with Crippen molar-refractivity contribution in [3.63, 3.8) is 0 Å². The fraction of sp³-hybridized carbons (Fsp3) is 0.143. The Morgan fingerprint density at radius 1 is 1.06 bits per heavy atom. The molecule has 2 rings (SSSR count). The number of aromatic nitrogens is 1. The number of aromatic carboxylic acids is 1. The summed E-state index contributed by atoms with van der Waals surface area (Å²) in [7, 11) is 0. The van der Waals surface area contributed by atoms with E-state index in [1.165, 1.54) is 23.0 Å². The van der Waals surface area contributed by atoms with Crippen LogP contribution in [0.2, 0.25) is 0 Å². The first-order valence-corrected chi connectivity index (χ1v) is 5.52. The zero-order valence-corrected chi connectivity index (χ0v) is 10.2. The molecular formula is C14H13NO3. The first-order valence-electron chi connectivity index (χ1n) is 5.52. The Morgan fingerprint density at radius 3 is 2.33 bits per heavy atom. The van der Waals surface area contributed by atoms with Crippen molar-refractivity contribution in [2.75, 3.05) is 0 Å². The third-order valence-corrected chi connectivity index (χ3v) is 2.93. The number of carboxylic acids is 1. The van der Waals surface area contributed by atoms with E-state index in [-0.39, 0.29) is 11.5 Å². The van der Waals surface area contributed by atoms with Gasteiger partial charge in [-0.3, -0.25) is 9.36 Å². The van der Waals surface area contributed by atoms with E-state index in [1.807, 2.05) is 19.9 Å². The van der Waals surface area contributed by atoms with Gasteiger partial charge in [-0.1, -0.05) is 6.07 Å². The molecule has 4 heteroatoms. The molecule has 0 spiro atoms. The monoisotopic (exact) mass is 243 g/mol. The van der Waals surface area contributed by atoms with Crippen molar-refractivity contribution in [3.8, 4) is 0 Å². The summed E-state index contributed by atoms with van der Waals surface area (Å²) in [6.45, 7) is 3.91. The van der Waals surface area contributed by atoms with Crippen LogP contribution in [0.4, 0.5) is 0 Å². The van der Waals surface area contributed by atoms with Crippen molar-refractivity contribution in [2.24, 2.45) is 0 Å². The average Bonchev–Trinajstić information content (AvgIpc) is 2.81. The molecule has 2 aromatic rings. The summed E-state index contributed by atoms with van der Waals surface area (Å²) in [6, 6.07) is 6.83. The Morgan fingerprint density at radius 2 is 1.78 bits per heavy atom. The van der Waals surface area contributed by atoms with Gasteiger partial charge in [-0.25, -0.2) is 4.79 Å². The summed E-state index contributed by atoms with van der Waals surface area (Å²) in [5, 5.41) is 8.81. The van der Waals surface area contributed by atoms with Gasteiger partial charge in [0.05, 0.1) is 5.56 Å². The summed E-state index contributed by atoms with van der Waals surface area (Å²) in [5.41, 5.74) is 2.80. The van der Waals surface area contributed by atoms with Crippen LogP contribution < -0.4 is 0 Å². The average molecular weight is 243 g/mol. The first kappa shape index (κ1) is 12.1. The normalized spacial score (nSPS) is 10.3. The van der Waals surface area contributed by atoms with E-state index >= 15 is 0 Å². The van der Waals surface area contributed by atoms with Crippen LogP contribution in [0.3, 0.4) is 0 Å². The summed E-state index contributed by atoms with van der Waals surface area (Å²) >= 11 is 0. The highest BCUT2D eigenvalue weighted by molar-refractivity contribution is 5.97. The summed E-state index contributed by atoms with van der Waals surface area (Å²) in [5.74, 6) is -1.27. The molecule has 1 aromatic carbocycles. The minimum Gasteiger partial charge on any atom is -0.478 e. The van der Waals surface area contributed by atoms with E-state index in [9.17, 15) is 9.59 Å². The zero-order chi connectivity index (χ0) is 13.3. The van der Waals surface area contributed by atoms with E-state index in [4.69, 9.17) is 5.11 Å². The molecule has 0 unspecified atom stereocenters. The highest BCUT2D eigenvalue weighted by atomic mass is 16.4. The molecule has 0 amide bonds. The lowest BCUT2D eigenvalue weighted by Crippen LogP contribution is -2.10. The minimum absolute atomic E-state index is 0.104. The van der Waals surface area contributed by atoms with Crippen molar-refractivity contribution < 1.29 is 14.7 Å². The second-order valence-electron chi connectivity index (χ2n) is 4.22. The van der Waals surface area contributed by atoms with Crippen molar-refractivity contribution in [3.05, 3.63) is 58.9 Å². The number of rotatable bonds is 2. The summed E-state index contributed by atoms with van der Waals surface area (Å²) in [4.78, 5) is 22.9. The molecule has 0 radical (unpaired) electrons. The van der Waals surface area contributed by atoms with Crippen LogP contribution in [0.25, 0.3) is 0 Å². The summed E-state index contributed by atoms with van der Waals surface area (Å²) < 4.78 is 1.29. The van der Waals surface area contributed by atoms with Crippen molar-refractivity contribution in [1.29, 1.82) is 0 Å². The Kier molecular flexibility index (Phi) is 3.02. The van der Waals surface area contributed by atoms with Crippen LogP contribution in [0, 0.1) is 13.8 Å². The highest BCUT2D eigenvalue weighted by Gasteiger charge is 2.12. The fourth-order valence-electron chi connectivity index (χ4n) is 1.67. The van der Waals surface area contributed by atoms with E-state index in [0.717, 1.165) is 11.1 Å². The molecule has 0 aliphatic rings. The summed E-state index contributed by atoms with van der Waals surface area (Å²) in [6.07, 6.45) is 2.78. The smallest absolute Gasteiger partial charge is 0.337 e. The number of hydrogen-bond donors (Lipinski definition) is 1. The molecule has 18 heavy (non-hydrogen) atoms. The van der Waals surface area contributed by atoms with Gasteiger partial charge in [-0.05, 0) is 43.2 Å². The van der Waals surface area contributed by atoms with E-state index < -0.39 is 5.97 Å². The number of carbonyl (C=O) groups excluding carboxylic acids is 1. The standard InChI is InChI=1S/C14H13NO3/c1-9-3-4-11(7-10(9)2)13(16)15-6-5-12(8-15)14(17)18/h3-8H,1-2H3,(H,17,18). The predicted molar refractivity (Wildman–Crippen MR) is 67.0 cm³/mol. The number of carboxylic acid groups (broad SMARTS) is 1. The van der Waals surface area contributed by atoms with Crippen LogP contribution in [-0.4, -0.2) is 21.6 Å². The Bertz CT molecular complexity index is 626. The molecule has 0 saturated heterocycles. The first-order chi connectivity index (χ1) is 8.49. The largest absolute Gasteiger partial charge is 0.478 e. The third-order valence-electron chi connectivity index (χ3n) is 2.93. The lowest BCUT2D eigenvalue weighted by atomic mass is 10.1. The number of aryl methyl sites for hydroxylation is 2. The van der Waals surface area contributed by atoms with Crippen molar-refractivity contribution in [1.82, 2.24) is 4.57 Å². The quantitative estimate of drug-likeness (QED) is 0.881. The zero-order valence-electron chi connectivity index (χ0n) is 10.2. The topological polar surface area (TPSA) is 59.3 Å². The maximum absolute atomic E-state index is 12.1. The van der Waals surface area contributed by atoms with E-state index in [2.05, 4.69) is 0 Å². The van der Waals surface area contributed by atoms with Gasteiger partial charge >= 0.3 is 5.97 Å². The van der Waals surface area contributed by atoms with Gasteiger partial charge in [0, 0.05) is 18.0 Å². The van der Waals surface area contributed by atoms with Gasteiger partial charge in [-0.2, -0.15) is 0 Å². The van der Waals surface area contributed by atoms with Crippen LogP contribution in [0.1, 0.15) is 31.8 Å². The van der Waals surface area contributed by atoms with E-state index in [0.29, 0.717) is 5.56 Å². The third kappa shape index (κ3) is 2.18. The van der Waals surface area contributed by atoms with Crippen LogP contribution >= 0.6 is 0 Å². The van der Waals surface area contributed by atoms with Crippen molar-refractivity contribution >= 4 is 11.9 Å². The number of hydrogen-bond acceptors (Lipinski definition) is 2. The molecule has 0 bridgehead atoms. The number of nitrogens with zero attached hydrogens (tertiary/aromatic N) is 1.